The fourth-order valence-electron chi connectivity index (χ4n) is 3.61. The molecule has 0 saturated heterocycles. The Morgan fingerprint density at radius 1 is 0.722 bits per heavy atom. The maximum Gasteiger partial charge on any atom is 0.311 e. The molecule has 0 radical (unpaired) electrons. The Bertz CT molecular complexity index is 1010. The zero-order valence-electron chi connectivity index (χ0n) is 21.4. The Balaban J connectivity index is 1.59. The summed E-state index contributed by atoms with van der Waals surface area (Å²) in [5.41, 5.74) is 1.63. The van der Waals surface area contributed by atoms with Crippen LogP contribution >= 0.6 is 0 Å². The Hall–Kier alpha value is -3.53. The largest absolute Gasteiger partial charge is 0.508 e. The summed E-state index contributed by atoms with van der Waals surface area (Å²) in [6.45, 7) is 2.15. The Morgan fingerprint density at radius 2 is 1.36 bits per heavy atom. The van der Waals surface area contributed by atoms with Crippen molar-refractivity contribution in [2.45, 2.75) is 71.1 Å². The van der Waals surface area contributed by atoms with Crippen LogP contribution in [0.1, 0.15) is 82.3 Å². The molecule has 0 spiro atoms. The highest BCUT2D eigenvalue weighted by molar-refractivity contribution is 5.74. The molecular weight excluding hydrogens is 448 g/mol. The van der Waals surface area contributed by atoms with Gasteiger partial charge in [0.2, 0.25) is 0 Å². The van der Waals surface area contributed by atoms with Gasteiger partial charge in [-0.2, -0.15) is 0 Å². The van der Waals surface area contributed by atoms with Crippen LogP contribution in [-0.2, 0) is 4.79 Å². The molecule has 0 heterocycles. The number of ether oxygens (including phenoxy) is 1. The van der Waals surface area contributed by atoms with Crippen LogP contribution in [-0.4, -0.2) is 16.2 Å². The third kappa shape index (κ3) is 13.4. The molecule has 0 aromatic heterocycles. The van der Waals surface area contributed by atoms with Crippen molar-refractivity contribution in [3.05, 3.63) is 90.0 Å². The number of hydrogen-bond donors (Lipinski definition) is 2. The fraction of sp³-hybridized carbons (Fsp3) is 0.344. The summed E-state index contributed by atoms with van der Waals surface area (Å²) in [6.07, 6.45) is 26.8. The predicted octanol–water partition coefficient (Wildman–Crippen LogP) is 8.76. The van der Waals surface area contributed by atoms with Gasteiger partial charge in [-0.05, 0) is 73.9 Å². The van der Waals surface area contributed by atoms with E-state index in [9.17, 15) is 15.0 Å². The van der Waals surface area contributed by atoms with Crippen LogP contribution in [0.25, 0.3) is 12.2 Å². The van der Waals surface area contributed by atoms with Gasteiger partial charge in [0.15, 0.2) is 0 Å². The van der Waals surface area contributed by atoms with Gasteiger partial charge in [-0.15, -0.1) is 0 Å². The highest BCUT2D eigenvalue weighted by atomic mass is 16.5. The molecular formula is C32H40O4. The molecule has 0 amide bonds. The topological polar surface area (TPSA) is 66.8 Å². The minimum atomic E-state index is -0.282. The minimum absolute atomic E-state index is 0.0415. The number of hydrogen-bond acceptors (Lipinski definition) is 4. The molecule has 0 unspecified atom stereocenters. The highest BCUT2D eigenvalue weighted by Crippen LogP contribution is 2.24. The van der Waals surface area contributed by atoms with Crippen molar-refractivity contribution in [3.63, 3.8) is 0 Å². The van der Waals surface area contributed by atoms with E-state index in [-0.39, 0.29) is 17.5 Å². The number of esters is 1. The second-order valence-corrected chi connectivity index (χ2v) is 8.76. The maximum atomic E-state index is 12.2. The van der Waals surface area contributed by atoms with Crippen LogP contribution in [0.5, 0.6) is 17.2 Å². The van der Waals surface area contributed by atoms with E-state index in [0.717, 1.165) is 56.1 Å². The number of aromatic hydroxyl groups is 2. The second-order valence-electron chi connectivity index (χ2n) is 8.76. The van der Waals surface area contributed by atoms with E-state index in [0.29, 0.717) is 12.2 Å². The summed E-state index contributed by atoms with van der Waals surface area (Å²) in [6, 6.07) is 11.6. The van der Waals surface area contributed by atoms with E-state index in [1.807, 2.05) is 12.2 Å². The number of rotatable bonds is 16. The average molecular weight is 489 g/mol. The number of phenols is 2. The van der Waals surface area contributed by atoms with Crippen LogP contribution in [0.2, 0.25) is 0 Å². The molecule has 2 aromatic carbocycles. The van der Waals surface area contributed by atoms with E-state index >= 15 is 0 Å². The van der Waals surface area contributed by atoms with Crippen molar-refractivity contribution in [2.75, 3.05) is 0 Å². The summed E-state index contributed by atoms with van der Waals surface area (Å²) in [5, 5.41) is 19.4. The van der Waals surface area contributed by atoms with Crippen LogP contribution in [0.4, 0.5) is 0 Å². The van der Waals surface area contributed by atoms with Gasteiger partial charge in [-0.1, -0.05) is 86.9 Å². The molecule has 0 atom stereocenters. The van der Waals surface area contributed by atoms with Gasteiger partial charge in [0.1, 0.15) is 17.2 Å². The lowest BCUT2D eigenvalue weighted by molar-refractivity contribution is -0.134. The van der Waals surface area contributed by atoms with Gasteiger partial charge >= 0.3 is 5.97 Å². The van der Waals surface area contributed by atoms with E-state index in [1.165, 1.54) is 18.9 Å². The van der Waals surface area contributed by atoms with Crippen molar-refractivity contribution in [2.24, 2.45) is 0 Å². The predicted molar refractivity (Wildman–Crippen MR) is 150 cm³/mol. The molecule has 36 heavy (non-hydrogen) atoms. The zero-order valence-corrected chi connectivity index (χ0v) is 21.4. The van der Waals surface area contributed by atoms with E-state index in [4.69, 9.17) is 4.74 Å². The number of phenolic OH excluding ortho intramolecular Hbond substituents is 2. The third-order valence-corrected chi connectivity index (χ3v) is 5.54. The molecule has 192 valence electrons. The van der Waals surface area contributed by atoms with Gasteiger partial charge in [0, 0.05) is 12.5 Å². The van der Waals surface area contributed by atoms with Crippen molar-refractivity contribution >= 4 is 18.1 Å². The van der Waals surface area contributed by atoms with Crippen LogP contribution in [0.3, 0.4) is 0 Å². The molecule has 2 rings (SSSR count). The Labute approximate surface area is 216 Å². The van der Waals surface area contributed by atoms with E-state index in [1.54, 1.807) is 36.4 Å². The van der Waals surface area contributed by atoms with Gasteiger partial charge in [-0.3, -0.25) is 4.79 Å². The number of benzene rings is 2. The lowest BCUT2D eigenvalue weighted by Gasteiger charge is -2.06. The number of allylic oxidation sites excluding steroid dienone is 6. The van der Waals surface area contributed by atoms with Crippen LogP contribution < -0.4 is 4.74 Å². The summed E-state index contributed by atoms with van der Waals surface area (Å²) in [5.74, 6) is 0.306. The van der Waals surface area contributed by atoms with E-state index in [2.05, 4.69) is 43.4 Å². The van der Waals surface area contributed by atoms with Crippen molar-refractivity contribution in [3.8, 4) is 17.2 Å². The first-order chi connectivity index (χ1) is 17.6. The normalized spacial score (nSPS) is 11.9. The van der Waals surface area contributed by atoms with Gasteiger partial charge in [0.05, 0.1) is 0 Å². The fourth-order valence-corrected chi connectivity index (χ4v) is 3.61. The average Bonchev–Trinajstić information content (AvgIpc) is 2.85. The first kappa shape index (κ1) is 28.7. The van der Waals surface area contributed by atoms with Crippen LogP contribution in [0.15, 0.2) is 78.9 Å². The molecule has 4 nitrogen and oxygen atoms in total. The minimum Gasteiger partial charge on any atom is -0.508 e. The van der Waals surface area contributed by atoms with Crippen molar-refractivity contribution < 1.29 is 19.7 Å². The molecule has 0 fully saturated rings. The molecule has 0 aliphatic rings. The Kier molecular flexibility index (Phi) is 14.2. The molecule has 0 saturated carbocycles. The number of unbranched alkanes of at least 4 members (excludes halogenated alkanes) is 5. The number of carbonyl (C=O) groups excluding carboxylic acids is 1. The number of carbonyl (C=O) groups is 1. The first-order valence-electron chi connectivity index (χ1n) is 13.0. The standard InChI is InChI=1S/C32H40O4/c1-2-3-4-5-6-7-8-9-10-11-12-13-14-15-16-17-32(35)36-31-25-28(24-30(34)26-31)19-18-27-20-22-29(33)23-21-27/h3-4,6-7,9-10,18-26,33-34H,2,5,8,11-17H2,1H3/b4-3-,7-6-,10-9-,19-18+. The summed E-state index contributed by atoms with van der Waals surface area (Å²) < 4.78 is 5.44. The molecule has 0 aliphatic carbocycles. The smallest absolute Gasteiger partial charge is 0.311 e. The molecule has 0 bridgehead atoms. The first-order valence-corrected chi connectivity index (χ1v) is 13.0. The third-order valence-electron chi connectivity index (χ3n) is 5.54. The van der Waals surface area contributed by atoms with Gasteiger partial charge < -0.3 is 14.9 Å². The van der Waals surface area contributed by atoms with Gasteiger partial charge in [-0.25, -0.2) is 0 Å². The monoisotopic (exact) mass is 488 g/mol. The maximum absolute atomic E-state index is 12.2. The molecule has 4 heteroatoms. The van der Waals surface area contributed by atoms with Gasteiger partial charge in [0.25, 0.3) is 0 Å². The quantitative estimate of drug-likeness (QED) is 0.0815. The highest BCUT2D eigenvalue weighted by Gasteiger charge is 2.07. The SMILES string of the molecule is CC/C=C\C/C=C\C/C=C\CCCCCCCC(=O)Oc1cc(O)cc(/C=C/c2ccc(O)cc2)c1. The lowest BCUT2D eigenvalue weighted by Crippen LogP contribution is -2.07. The van der Waals surface area contributed by atoms with Crippen molar-refractivity contribution in [1.82, 2.24) is 0 Å². The van der Waals surface area contributed by atoms with Crippen molar-refractivity contribution in [1.29, 1.82) is 0 Å². The van der Waals surface area contributed by atoms with E-state index < -0.39 is 0 Å². The van der Waals surface area contributed by atoms with Crippen LogP contribution in [0, 0.1) is 0 Å². The summed E-state index contributed by atoms with van der Waals surface area (Å²) in [7, 11) is 0. The molecule has 2 N–H and O–H groups in total. The summed E-state index contributed by atoms with van der Waals surface area (Å²) in [4.78, 5) is 12.2. The zero-order chi connectivity index (χ0) is 25.8. The Morgan fingerprint density at radius 3 is 2.11 bits per heavy atom. The molecule has 2 aromatic rings. The lowest BCUT2D eigenvalue weighted by atomic mass is 10.1. The summed E-state index contributed by atoms with van der Waals surface area (Å²) >= 11 is 0. The molecule has 0 aliphatic heterocycles. The second kappa shape index (κ2) is 17.8.